The highest BCUT2D eigenvalue weighted by Gasteiger charge is 1.94. The molecule has 2 aromatic carbocycles. The monoisotopic (exact) mass is 279 g/mol. The van der Waals surface area contributed by atoms with Gasteiger partial charge in [0.25, 0.3) is 0 Å². The molecule has 0 aliphatic carbocycles. The van der Waals surface area contributed by atoms with Crippen LogP contribution in [-0.4, -0.2) is 10.1 Å². The van der Waals surface area contributed by atoms with Gasteiger partial charge < -0.3 is 14.5 Å². The molecule has 4 aromatic rings. The van der Waals surface area contributed by atoms with Gasteiger partial charge in [-0.3, -0.25) is 0 Å². The van der Waals surface area contributed by atoms with Gasteiger partial charge in [0, 0.05) is 28.4 Å². The molecule has 21 heavy (non-hydrogen) atoms. The average Bonchev–Trinajstić information content (AvgIpc) is 2.88. The third-order valence-corrected chi connectivity index (χ3v) is 3.04. The van der Waals surface area contributed by atoms with E-state index in [2.05, 4.69) is 4.98 Å². The second-order valence-corrected chi connectivity index (χ2v) is 4.53. The first kappa shape index (κ1) is 13.0. The van der Waals surface area contributed by atoms with Gasteiger partial charge >= 0.3 is 5.63 Å². The number of aromatic amines is 1. The molecule has 0 radical (unpaired) electrons. The summed E-state index contributed by atoms with van der Waals surface area (Å²) in [5.41, 5.74) is 1.31. The lowest BCUT2D eigenvalue weighted by atomic mass is 10.2. The standard InChI is InChI=1S/C9H6O2.C8H7NO/c10-9-6-5-7-3-1-2-4-8(7)11-9;10-8-5-6-3-1-2-4-7(6)9-8/h1-6H;1-5,9-10H. The predicted molar refractivity (Wildman–Crippen MR) is 82.4 cm³/mol. The number of aromatic hydroxyl groups is 1. The summed E-state index contributed by atoms with van der Waals surface area (Å²) >= 11 is 0. The Balaban J connectivity index is 0.000000126. The zero-order valence-corrected chi connectivity index (χ0v) is 11.1. The van der Waals surface area contributed by atoms with Crippen LogP contribution in [0.1, 0.15) is 0 Å². The van der Waals surface area contributed by atoms with E-state index >= 15 is 0 Å². The van der Waals surface area contributed by atoms with E-state index in [0.29, 0.717) is 5.58 Å². The van der Waals surface area contributed by atoms with E-state index in [1.165, 1.54) is 6.07 Å². The number of H-pyrrole nitrogens is 1. The maximum Gasteiger partial charge on any atom is 0.336 e. The summed E-state index contributed by atoms with van der Waals surface area (Å²) < 4.78 is 4.91. The van der Waals surface area contributed by atoms with Gasteiger partial charge in [-0.25, -0.2) is 4.79 Å². The number of fused-ring (bicyclic) bond motifs is 2. The molecule has 4 rings (SSSR count). The Morgan fingerprint density at radius 3 is 2.38 bits per heavy atom. The first-order valence-electron chi connectivity index (χ1n) is 6.48. The number of para-hydroxylation sites is 2. The van der Waals surface area contributed by atoms with Crippen LogP contribution >= 0.6 is 0 Å². The third kappa shape index (κ3) is 2.95. The molecular weight excluding hydrogens is 266 g/mol. The lowest BCUT2D eigenvalue weighted by Gasteiger charge is -1.91. The molecule has 0 unspecified atom stereocenters. The van der Waals surface area contributed by atoms with Gasteiger partial charge in [-0.2, -0.15) is 0 Å². The average molecular weight is 279 g/mol. The molecule has 0 aliphatic rings. The zero-order valence-electron chi connectivity index (χ0n) is 11.1. The van der Waals surface area contributed by atoms with Crippen LogP contribution in [0, 0.1) is 0 Å². The highest BCUT2D eigenvalue weighted by molar-refractivity contribution is 5.81. The summed E-state index contributed by atoms with van der Waals surface area (Å²) in [5.74, 6) is 0.223. The van der Waals surface area contributed by atoms with E-state index in [-0.39, 0.29) is 11.5 Å². The molecule has 0 amide bonds. The lowest BCUT2D eigenvalue weighted by Crippen LogP contribution is -1.93. The fourth-order valence-corrected chi connectivity index (χ4v) is 2.07. The number of hydrogen-bond donors (Lipinski definition) is 2. The minimum Gasteiger partial charge on any atom is -0.495 e. The smallest absolute Gasteiger partial charge is 0.336 e. The van der Waals surface area contributed by atoms with E-state index in [9.17, 15) is 4.79 Å². The van der Waals surface area contributed by atoms with Crippen LogP contribution in [-0.2, 0) is 0 Å². The van der Waals surface area contributed by atoms with Crippen molar-refractivity contribution in [3.8, 4) is 5.88 Å². The molecule has 0 atom stereocenters. The molecular formula is C17H13NO3. The van der Waals surface area contributed by atoms with Gasteiger partial charge in [-0.1, -0.05) is 36.4 Å². The van der Waals surface area contributed by atoms with Gasteiger partial charge in [-0.15, -0.1) is 0 Å². The van der Waals surface area contributed by atoms with E-state index < -0.39 is 0 Å². The van der Waals surface area contributed by atoms with Crippen molar-refractivity contribution in [3.63, 3.8) is 0 Å². The second-order valence-electron chi connectivity index (χ2n) is 4.53. The second kappa shape index (κ2) is 5.54. The molecule has 0 saturated heterocycles. The first-order chi connectivity index (χ1) is 10.2. The van der Waals surface area contributed by atoms with Crippen LogP contribution in [0.2, 0.25) is 0 Å². The van der Waals surface area contributed by atoms with Crippen LogP contribution in [0.4, 0.5) is 0 Å². The van der Waals surface area contributed by atoms with Crippen molar-refractivity contribution in [2.45, 2.75) is 0 Å². The number of hydrogen-bond acceptors (Lipinski definition) is 3. The number of aromatic nitrogens is 1. The molecule has 2 heterocycles. The Kier molecular flexibility index (Phi) is 3.43. The third-order valence-electron chi connectivity index (χ3n) is 3.04. The lowest BCUT2D eigenvalue weighted by molar-refractivity contribution is 0.458. The van der Waals surface area contributed by atoms with Crippen LogP contribution in [0.15, 0.2) is 75.9 Å². The Hall–Kier alpha value is -3.01. The van der Waals surface area contributed by atoms with E-state index in [0.717, 1.165) is 16.3 Å². The molecule has 0 bridgehead atoms. The quantitative estimate of drug-likeness (QED) is 0.483. The normalized spacial score (nSPS) is 10.3. The fraction of sp³-hybridized carbons (Fsp3) is 0. The predicted octanol–water partition coefficient (Wildman–Crippen LogP) is 3.67. The number of benzene rings is 2. The van der Waals surface area contributed by atoms with E-state index in [1.54, 1.807) is 18.2 Å². The summed E-state index contributed by atoms with van der Waals surface area (Å²) in [7, 11) is 0. The van der Waals surface area contributed by atoms with Crippen molar-refractivity contribution < 1.29 is 9.52 Å². The highest BCUT2D eigenvalue weighted by atomic mass is 16.4. The zero-order chi connectivity index (χ0) is 14.7. The highest BCUT2D eigenvalue weighted by Crippen LogP contribution is 2.17. The summed E-state index contributed by atoms with van der Waals surface area (Å²) in [5, 5.41) is 11.0. The van der Waals surface area contributed by atoms with E-state index in [1.807, 2.05) is 42.5 Å². The Bertz CT molecular complexity index is 904. The molecule has 0 saturated carbocycles. The van der Waals surface area contributed by atoms with Crippen molar-refractivity contribution in [2.24, 2.45) is 0 Å². The Morgan fingerprint density at radius 2 is 1.57 bits per heavy atom. The number of rotatable bonds is 0. The summed E-state index contributed by atoms with van der Waals surface area (Å²) in [6.07, 6.45) is 0. The van der Waals surface area contributed by atoms with Gasteiger partial charge in [0.1, 0.15) is 5.58 Å². The van der Waals surface area contributed by atoms with Crippen molar-refractivity contribution in [1.29, 1.82) is 0 Å². The molecule has 4 nitrogen and oxygen atoms in total. The molecule has 0 fully saturated rings. The minimum atomic E-state index is -0.302. The molecule has 0 spiro atoms. The summed E-state index contributed by atoms with van der Waals surface area (Å²) in [4.78, 5) is 13.5. The van der Waals surface area contributed by atoms with Crippen molar-refractivity contribution in [2.75, 3.05) is 0 Å². The molecule has 2 aromatic heterocycles. The van der Waals surface area contributed by atoms with Gasteiger partial charge in [0.2, 0.25) is 0 Å². The maximum absolute atomic E-state index is 10.7. The topological polar surface area (TPSA) is 66.2 Å². The van der Waals surface area contributed by atoms with Crippen LogP contribution in [0.3, 0.4) is 0 Å². The number of nitrogens with one attached hydrogen (secondary N) is 1. The molecule has 0 aliphatic heterocycles. The molecule has 2 N–H and O–H groups in total. The maximum atomic E-state index is 10.7. The fourth-order valence-electron chi connectivity index (χ4n) is 2.07. The van der Waals surface area contributed by atoms with Crippen LogP contribution in [0.25, 0.3) is 21.9 Å². The van der Waals surface area contributed by atoms with Gasteiger partial charge in [0.15, 0.2) is 5.88 Å². The van der Waals surface area contributed by atoms with Crippen molar-refractivity contribution in [1.82, 2.24) is 4.98 Å². The molecule has 4 heteroatoms. The first-order valence-corrected chi connectivity index (χ1v) is 6.48. The van der Waals surface area contributed by atoms with Crippen molar-refractivity contribution >= 4 is 21.9 Å². The SMILES string of the molecule is O=c1ccc2ccccc2o1.Oc1cc2ccccc2[nH]1. The largest absolute Gasteiger partial charge is 0.495 e. The van der Waals surface area contributed by atoms with Crippen LogP contribution in [0.5, 0.6) is 5.88 Å². The Labute approximate surface area is 120 Å². The van der Waals surface area contributed by atoms with Gasteiger partial charge in [-0.05, 0) is 18.2 Å². The van der Waals surface area contributed by atoms with Crippen molar-refractivity contribution in [3.05, 3.63) is 77.2 Å². The summed E-state index contributed by atoms with van der Waals surface area (Å²) in [6.45, 7) is 0. The van der Waals surface area contributed by atoms with E-state index in [4.69, 9.17) is 9.52 Å². The molecule has 104 valence electrons. The van der Waals surface area contributed by atoms with Gasteiger partial charge in [0.05, 0.1) is 0 Å². The summed E-state index contributed by atoms with van der Waals surface area (Å²) in [6, 6.07) is 20.0. The van der Waals surface area contributed by atoms with Crippen LogP contribution < -0.4 is 5.63 Å². The Morgan fingerprint density at radius 1 is 0.857 bits per heavy atom. The minimum absolute atomic E-state index is 0.223.